The van der Waals surface area contributed by atoms with Crippen molar-refractivity contribution < 1.29 is 4.79 Å². The molecule has 0 aromatic heterocycles. The van der Waals surface area contributed by atoms with Crippen molar-refractivity contribution in [2.24, 2.45) is 0 Å². The Bertz CT molecular complexity index is 512. The number of hydrogen-bond donors (Lipinski definition) is 1. The molecule has 2 aliphatic rings. The van der Waals surface area contributed by atoms with Gasteiger partial charge in [0.1, 0.15) is 4.87 Å². The largest absolute Gasteiger partial charge is 0.352 e. The summed E-state index contributed by atoms with van der Waals surface area (Å²) >= 11 is 6.10. The number of carbonyl (C=O) groups excluding carboxylic acids is 1. The van der Waals surface area contributed by atoms with Gasteiger partial charge in [0, 0.05) is 24.7 Å². The molecule has 0 saturated carbocycles. The van der Waals surface area contributed by atoms with Gasteiger partial charge in [-0.3, -0.25) is 9.69 Å². The predicted octanol–water partition coefficient (Wildman–Crippen LogP) is 3.32. The molecule has 22 heavy (non-hydrogen) atoms. The van der Waals surface area contributed by atoms with Crippen LogP contribution in [0.1, 0.15) is 45.1 Å². The average molecular weight is 321 g/mol. The summed E-state index contributed by atoms with van der Waals surface area (Å²) in [7, 11) is 0. The summed E-state index contributed by atoms with van der Waals surface area (Å²) in [5.74, 6) is -0.0462. The van der Waals surface area contributed by atoms with Gasteiger partial charge in [-0.1, -0.05) is 30.3 Å². The van der Waals surface area contributed by atoms with E-state index in [9.17, 15) is 4.79 Å². The summed E-state index contributed by atoms with van der Waals surface area (Å²) in [5, 5.41) is 3.15. The lowest BCUT2D eigenvalue weighted by Crippen LogP contribution is -2.52. The molecule has 2 aliphatic heterocycles. The number of nitrogens with zero attached hydrogens (tertiary/aromatic N) is 1. The Kier molecular flexibility index (Phi) is 4.47. The van der Waals surface area contributed by atoms with E-state index in [2.05, 4.69) is 40.5 Å². The summed E-state index contributed by atoms with van der Waals surface area (Å²) in [6.45, 7) is 4.53. The topological polar surface area (TPSA) is 32.3 Å². The van der Waals surface area contributed by atoms with Crippen molar-refractivity contribution in [3.8, 4) is 0 Å². The number of carbonyl (C=O) groups is 1. The Hall–Kier alpha value is -1.06. The molecule has 1 aromatic rings. The van der Waals surface area contributed by atoms with Gasteiger partial charge >= 0.3 is 0 Å². The monoisotopic (exact) mass is 320 g/mol. The first-order valence-electron chi connectivity index (χ1n) is 8.23. The van der Waals surface area contributed by atoms with Crippen molar-refractivity contribution in [3.05, 3.63) is 35.9 Å². The van der Waals surface area contributed by atoms with Crippen molar-refractivity contribution in [2.75, 3.05) is 0 Å². The van der Waals surface area contributed by atoms with Crippen LogP contribution in [-0.4, -0.2) is 33.8 Å². The van der Waals surface area contributed by atoms with Gasteiger partial charge in [-0.15, -0.1) is 11.6 Å². The Morgan fingerprint density at radius 1 is 1.23 bits per heavy atom. The van der Waals surface area contributed by atoms with Gasteiger partial charge in [0.25, 0.3) is 0 Å². The minimum absolute atomic E-state index is 0.0462. The highest BCUT2D eigenvalue weighted by Gasteiger charge is 2.41. The molecule has 2 heterocycles. The zero-order chi connectivity index (χ0) is 15.7. The smallest absolute Gasteiger partial charge is 0.240 e. The first-order valence-corrected chi connectivity index (χ1v) is 8.61. The SMILES string of the molecule is CC(C)(Cl)C(=O)NC1CC2CCC(C1)N2Cc1ccccc1. The van der Waals surface area contributed by atoms with Gasteiger partial charge in [-0.2, -0.15) is 0 Å². The highest BCUT2D eigenvalue weighted by molar-refractivity contribution is 6.34. The minimum Gasteiger partial charge on any atom is -0.352 e. The Morgan fingerprint density at radius 2 is 1.82 bits per heavy atom. The van der Waals surface area contributed by atoms with E-state index in [1.165, 1.54) is 18.4 Å². The van der Waals surface area contributed by atoms with Crippen molar-refractivity contribution in [1.29, 1.82) is 0 Å². The van der Waals surface area contributed by atoms with Gasteiger partial charge in [0.15, 0.2) is 0 Å². The van der Waals surface area contributed by atoms with Crippen LogP contribution in [0.2, 0.25) is 0 Å². The average Bonchev–Trinajstić information content (AvgIpc) is 2.70. The quantitative estimate of drug-likeness (QED) is 0.863. The van der Waals surface area contributed by atoms with Crippen molar-refractivity contribution >= 4 is 17.5 Å². The maximum atomic E-state index is 12.1. The number of fused-ring (bicyclic) bond motifs is 2. The van der Waals surface area contributed by atoms with Gasteiger partial charge in [0.05, 0.1) is 0 Å². The van der Waals surface area contributed by atoms with Gasteiger partial charge in [-0.05, 0) is 45.1 Å². The van der Waals surface area contributed by atoms with E-state index in [1.54, 1.807) is 13.8 Å². The lowest BCUT2D eigenvalue weighted by Gasteiger charge is -2.39. The van der Waals surface area contributed by atoms with Gasteiger partial charge in [0.2, 0.25) is 5.91 Å². The molecule has 1 N–H and O–H groups in total. The lowest BCUT2D eigenvalue weighted by atomic mass is 9.96. The van der Waals surface area contributed by atoms with Crippen LogP contribution in [-0.2, 0) is 11.3 Å². The van der Waals surface area contributed by atoms with E-state index < -0.39 is 4.87 Å². The Labute approximate surface area is 138 Å². The number of alkyl halides is 1. The number of hydrogen-bond acceptors (Lipinski definition) is 2. The normalized spacial score (nSPS) is 28.6. The van der Waals surface area contributed by atoms with Crippen LogP contribution in [0.3, 0.4) is 0 Å². The number of nitrogens with one attached hydrogen (secondary N) is 1. The molecule has 2 bridgehead atoms. The van der Waals surface area contributed by atoms with E-state index >= 15 is 0 Å². The Morgan fingerprint density at radius 3 is 2.36 bits per heavy atom. The molecular weight excluding hydrogens is 296 g/mol. The van der Waals surface area contributed by atoms with E-state index in [1.807, 2.05) is 0 Å². The first kappa shape index (κ1) is 15.8. The molecule has 1 aromatic carbocycles. The zero-order valence-corrected chi connectivity index (χ0v) is 14.1. The molecule has 0 aliphatic carbocycles. The third kappa shape index (κ3) is 3.47. The minimum atomic E-state index is -0.819. The van der Waals surface area contributed by atoms with Crippen LogP contribution < -0.4 is 5.32 Å². The van der Waals surface area contributed by atoms with E-state index in [0.29, 0.717) is 12.1 Å². The molecule has 1 amide bonds. The molecule has 0 radical (unpaired) electrons. The fourth-order valence-corrected chi connectivity index (χ4v) is 3.86. The second-order valence-corrected chi connectivity index (χ2v) is 8.10. The van der Waals surface area contributed by atoms with Crippen LogP contribution in [0.5, 0.6) is 0 Å². The summed E-state index contributed by atoms with van der Waals surface area (Å²) in [5.41, 5.74) is 1.38. The third-order valence-corrected chi connectivity index (χ3v) is 5.14. The molecule has 2 fully saturated rings. The molecule has 2 unspecified atom stereocenters. The van der Waals surface area contributed by atoms with Crippen LogP contribution in [0.4, 0.5) is 0 Å². The van der Waals surface area contributed by atoms with Gasteiger partial charge in [-0.25, -0.2) is 0 Å². The second-order valence-electron chi connectivity index (χ2n) is 7.16. The number of rotatable bonds is 4. The lowest BCUT2D eigenvalue weighted by molar-refractivity contribution is -0.124. The third-order valence-electron chi connectivity index (χ3n) is 4.97. The number of piperidine rings is 1. The standard InChI is InChI=1S/C18H25ClN2O/c1-18(2,19)17(22)20-14-10-15-8-9-16(11-14)21(15)12-13-6-4-3-5-7-13/h3-7,14-16H,8-12H2,1-2H3,(H,20,22). The highest BCUT2D eigenvalue weighted by Crippen LogP contribution is 2.37. The number of halogens is 1. The summed E-state index contributed by atoms with van der Waals surface area (Å²) < 4.78 is 0. The highest BCUT2D eigenvalue weighted by atomic mass is 35.5. The summed E-state index contributed by atoms with van der Waals surface area (Å²) in [6.07, 6.45) is 4.58. The molecule has 120 valence electrons. The fourth-order valence-electron chi connectivity index (χ4n) is 3.80. The van der Waals surface area contributed by atoms with Gasteiger partial charge < -0.3 is 5.32 Å². The van der Waals surface area contributed by atoms with Crippen LogP contribution >= 0.6 is 11.6 Å². The Balaban J connectivity index is 1.61. The van der Waals surface area contributed by atoms with E-state index in [4.69, 9.17) is 11.6 Å². The zero-order valence-electron chi connectivity index (χ0n) is 13.4. The van der Waals surface area contributed by atoms with Crippen LogP contribution in [0, 0.1) is 0 Å². The fraction of sp³-hybridized carbons (Fsp3) is 0.611. The molecule has 4 heteroatoms. The predicted molar refractivity (Wildman–Crippen MR) is 89.9 cm³/mol. The molecule has 2 atom stereocenters. The number of amides is 1. The number of benzene rings is 1. The van der Waals surface area contributed by atoms with Crippen molar-refractivity contribution in [1.82, 2.24) is 10.2 Å². The van der Waals surface area contributed by atoms with Crippen LogP contribution in [0.15, 0.2) is 30.3 Å². The molecule has 2 saturated heterocycles. The van der Waals surface area contributed by atoms with Crippen molar-refractivity contribution in [3.63, 3.8) is 0 Å². The summed E-state index contributed by atoms with van der Waals surface area (Å²) in [6, 6.07) is 12.1. The maximum absolute atomic E-state index is 12.1. The molecule has 0 spiro atoms. The molecule has 3 rings (SSSR count). The van der Waals surface area contributed by atoms with E-state index in [0.717, 1.165) is 19.4 Å². The first-order chi connectivity index (χ1) is 10.4. The van der Waals surface area contributed by atoms with Crippen LogP contribution in [0.25, 0.3) is 0 Å². The van der Waals surface area contributed by atoms with E-state index in [-0.39, 0.29) is 11.9 Å². The molecule has 3 nitrogen and oxygen atoms in total. The maximum Gasteiger partial charge on any atom is 0.240 e. The molecular formula is C18H25ClN2O. The summed E-state index contributed by atoms with van der Waals surface area (Å²) in [4.78, 5) is 13.9. The van der Waals surface area contributed by atoms with Crippen molar-refractivity contribution in [2.45, 2.75) is 69.1 Å². The second kappa shape index (κ2) is 6.21.